The van der Waals surface area contributed by atoms with Gasteiger partial charge in [-0.1, -0.05) is 12.1 Å². The van der Waals surface area contributed by atoms with Gasteiger partial charge in [0.15, 0.2) is 0 Å². The summed E-state index contributed by atoms with van der Waals surface area (Å²) < 4.78 is 7.60. The number of para-hydroxylation sites is 2. The quantitative estimate of drug-likeness (QED) is 0.756. The highest BCUT2D eigenvalue weighted by Crippen LogP contribution is 2.17. The molecule has 0 radical (unpaired) electrons. The van der Waals surface area contributed by atoms with Gasteiger partial charge in [0.2, 0.25) is 0 Å². The molecule has 2 N–H and O–H groups in total. The van der Waals surface area contributed by atoms with Crippen LogP contribution in [0.1, 0.15) is 24.9 Å². The summed E-state index contributed by atoms with van der Waals surface area (Å²) in [4.78, 5) is 4.73. The van der Waals surface area contributed by atoms with Crippen molar-refractivity contribution in [2.24, 2.45) is 5.73 Å². The summed E-state index contributed by atoms with van der Waals surface area (Å²) in [5.74, 6) is 2.07. The van der Waals surface area contributed by atoms with Crippen molar-refractivity contribution in [3.05, 3.63) is 54.2 Å². The van der Waals surface area contributed by atoms with Crippen molar-refractivity contribution >= 4 is 11.0 Å². The van der Waals surface area contributed by atoms with Crippen LogP contribution >= 0.6 is 0 Å². The summed E-state index contributed by atoms with van der Waals surface area (Å²) in [6, 6.07) is 12.2. The first-order valence-corrected chi connectivity index (χ1v) is 7.50. The van der Waals surface area contributed by atoms with E-state index >= 15 is 0 Å². The van der Waals surface area contributed by atoms with Gasteiger partial charge in [0.1, 0.15) is 11.6 Å². The number of benzene rings is 1. The maximum Gasteiger partial charge on any atom is 0.111 e. The maximum atomic E-state index is 6.27. The Hall–Kier alpha value is -2.07. The molecular weight excluding hydrogens is 262 g/mol. The van der Waals surface area contributed by atoms with Gasteiger partial charge in [0, 0.05) is 25.4 Å². The second kappa shape index (κ2) is 6.14. The molecule has 0 saturated heterocycles. The van der Waals surface area contributed by atoms with Crippen LogP contribution in [-0.2, 0) is 19.4 Å². The second-order valence-corrected chi connectivity index (χ2v) is 5.34. The number of nitrogens with two attached hydrogens (primary N) is 1. The Morgan fingerprint density at radius 2 is 2.10 bits per heavy atom. The Bertz CT molecular complexity index is 700. The van der Waals surface area contributed by atoms with E-state index in [1.807, 2.05) is 18.2 Å². The fraction of sp³-hybridized carbons (Fsp3) is 0.353. The fourth-order valence-corrected chi connectivity index (χ4v) is 2.75. The van der Waals surface area contributed by atoms with Crippen LogP contribution in [0.15, 0.2) is 47.1 Å². The lowest BCUT2D eigenvalue weighted by molar-refractivity contribution is 0.479. The standard InChI is InChI=1S/C17H21N3O/c1-2-20-16-8-4-3-7-15(16)19-17(20)12-13(18)9-10-14-6-5-11-21-14/h3-8,11,13H,2,9-10,12,18H2,1H3. The van der Waals surface area contributed by atoms with Crippen molar-refractivity contribution in [1.29, 1.82) is 0 Å². The highest BCUT2D eigenvalue weighted by Gasteiger charge is 2.13. The summed E-state index contributed by atoms with van der Waals surface area (Å²) in [6.45, 7) is 3.06. The van der Waals surface area contributed by atoms with E-state index in [4.69, 9.17) is 15.1 Å². The van der Waals surface area contributed by atoms with Crippen LogP contribution in [0.3, 0.4) is 0 Å². The van der Waals surface area contributed by atoms with E-state index in [1.54, 1.807) is 6.26 Å². The van der Waals surface area contributed by atoms with E-state index in [2.05, 4.69) is 29.7 Å². The van der Waals surface area contributed by atoms with Crippen molar-refractivity contribution in [3.8, 4) is 0 Å². The molecule has 1 unspecified atom stereocenters. The number of fused-ring (bicyclic) bond motifs is 1. The van der Waals surface area contributed by atoms with Crippen LogP contribution in [-0.4, -0.2) is 15.6 Å². The third-order valence-electron chi connectivity index (χ3n) is 3.84. The van der Waals surface area contributed by atoms with E-state index in [9.17, 15) is 0 Å². The third kappa shape index (κ3) is 3.00. The molecule has 2 heterocycles. The Labute approximate surface area is 124 Å². The molecule has 0 fully saturated rings. The number of furan rings is 1. The van der Waals surface area contributed by atoms with Crippen molar-refractivity contribution < 1.29 is 4.42 Å². The largest absolute Gasteiger partial charge is 0.469 e. The highest BCUT2D eigenvalue weighted by atomic mass is 16.3. The number of hydrogen-bond acceptors (Lipinski definition) is 3. The van der Waals surface area contributed by atoms with E-state index in [0.29, 0.717) is 0 Å². The van der Waals surface area contributed by atoms with Crippen molar-refractivity contribution in [3.63, 3.8) is 0 Å². The monoisotopic (exact) mass is 283 g/mol. The Morgan fingerprint density at radius 3 is 2.86 bits per heavy atom. The topological polar surface area (TPSA) is 57.0 Å². The van der Waals surface area contributed by atoms with Gasteiger partial charge in [-0.3, -0.25) is 0 Å². The predicted molar refractivity (Wildman–Crippen MR) is 84.1 cm³/mol. The highest BCUT2D eigenvalue weighted by molar-refractivity contribution is 5.75. The molecule has 0 aliphatic carbocycles. The van der Waals surface area contributed by atoms with Gasteiger partial charge in [-0.05, 0) is 37.6 Å². The SMILES string of the molecule is CCn1c(CC(N)CCc2ccco2)nc2ccccc21. The van der Waals surface area contributed by atoms with Gasteiger partial charge in [0.05, 0.1) is 17.3 Å². The number of aryl methyl sites for hydroxylation is 2. The van der Waals surface area contributed by atoms with Crippen LogP contribution in [0.2, 0.25) is 0 Å². The number of imidazole rings is 1. The lowest BCUT2D eigenvalue weighted by Gasteiger charge is -2.12. The van der Waals surface area contributed by atoms with Crippen LogP contribution < -0.4 is 5.73 Å². The second-order valence-electron chi connectivity index (χ2n) is 5.34. The smallest absolute Gasteiger partial charge is 0.111 e. The molecule has 3 aromatic rings. The number of nitrogens with zero attached hydrogens (tertiary/aromatic N) is 2. The molecule has 1 atom stereocenters. The molecule has 0 spiro atoms. The fourth-order valence-electron chi connectivity index (χ4n) is 2.75. The van der Waals surface area contributed by atoms with Gasteiger partial charge >= 0.3 is 0 Å². The average Bonchev–Trinajstić information content (AvgIpc) is 3.12. The summed E-state index contributed by atoms with van der Waals surface area (Å²) in [5, 5.41) is 0. The van der Waals surface area contributed by atoms with Crippen LogP contribution in [0, 0.1) is 0 Å². The van der Waals surface area contributed by atoms with Gasteiger partial charge < -0.3 is 14.7 Å². The molecule has 0 aliphatic rings. The zero-order chi connectivity index (χ0) is 14.7. The lowest BCUT2D eigenvalue weighted by Crippen LogP contribution is -2.25. The summed E-state index contributed by atoms with van der Waals surface area (Å²) in [5.41, 5.74) is 8.51. The molecule has 4 nitrogen and oxygen atoms in total. The normalized spacial score (nSPS) is 12.9. The molecule has 3 rings (SSSR count). The van der Waals surface area contributed by atoms with E-state index in [1.165, 1.54) is 5.52 Å². The zero-order valence-corrected chi connectivity index (χ0v) is 12.3. The Kier molecular flexibility index (Phi) is 4.06. The molecule has 0 aliphatic heterocycles. The molecule has 0 amide bonds. The minimum atomic E-state index is 0.0946. The molecule has 0 saturated carbocycles. The minimum Gasteiger partial charge on any atom is -0.469 e. The molecule has 21 heavy (non-hydrogen) atoms. The lowest BCUT2D eigenvalue weighted by atomic mass is 10.1. The molecule has 110 valence electrons. The van der Waals surface area contributed by atoms with Crippen molar-refractivity contribution in [2.45, 2.75) is 38.8 Å². The van der Waals surface area contributed by atoms with Gasteiger partial charge in [-0.2, -0.15) is 0 Å². The summed E-state index contributed by atoms with van der Waals surface area (Å²) in [6.07, 6.45) is 4.28. The molecule has 4 heteroatoms. The number of hydrogen-bond donors (Lipinski definition) is 1. The minimum absolute atomic E-state index is 0.0946. The van der Waals surface area contributed by atoms with Crippen LogP contribution in [0.25, 0.3) is 11.0 Å². The summed E-state index contributed by atoms with van der Waals surface area (Å²) >= 11 is 0. The van der Waals surface area contributed by atoms with E-state index in [-0.39, 0.29) is 6.04 Å². The third-order valence-corrected chi connectivity index (χ3v) is 3.84. The zero-order valence-electron chi connectivity index (χ0n) is 12.3. The molecular formula is C17H21N3O. The van der Waals surface area contributed by atoms with Gasteiger partial charge in [-0.15, -0.1) is 0 Å². The Balaban J connectivity index is 1.71. The average molecular weight is 283 g/mol. The molecule has 0 bridgehead atoms. The summed E-state index contributed by atoms with van der Waals surface area (Å²) in [7, 11) is 0. The maximum absolute atomic E-state index is 6.27. The predicted octanol–water partition coefficient (Wildman–Crippen LogP) is 3.15. The van der Waals surface area contributed by atoms with Crippen molar-refractivity contribution in [1.82, 2.24) is 9.55 Å². The van der Waals surface area contributed by atoms with Gasteiger partial charge in [-0.25, -0.2) is 4.98 Å². The molecule has 2 aromatic heterocycles. The first kappa shape index (κ1) is 13.9. The number of aromatic nitrogens is 2. The Morgan fingerprint density at radius 1 is 1.24 bits per heavy atom. The van der Waals surface area contributed by atoms with Gasteiger partial charge in [0.25, 0.3) is 0 Å². The number of rotatable bonds is 6. The van der Waals surface area contributed by atoms with E-state index in [0.717, 1.165) is 42.9 Å². The van der Waals surface area contributed by atoms with Crippen molar-refractivity contribution in [2.75, 3.05) is 0 Å². The molecule has 1 aromatic carbocycles. The van der Waals surface area contributed by atoms with Crippen LogP contribution in [0.4, 0.5) is 0 Å². The van der Waals surface area contributed by atoms with Crippen LogP contribution in [0.5, 0.6) is 0 Å². The first-order valence-electron chi connectivity index (χ1n) is 7.50. The van der Waals surface area contributed by atoms with E-state index < -0.39 is 0 Å². The first-order chi connectivity index (χ1) is 10.3.